The highest BCUT2D eigenvalue weighted by molar-refractivity contribution is 5.36. The molecule has 2 nitrogen and oxygen atoms in total. The average molecular weight is 278 g/mol. The third-order valence-electron chi connectivity index (χ3n) is 3.02. The van der Waals surface area contributed by atoms with Gasteiger partial charge in [-0.15, -0.1) is 0 Å². The monoisotopic (exact) mass is 278 g/mol. The van der Waals surface area contributed by atoms with Gasteiger partial charge in [-0.1, -0.05) is 30.3 Å². The second kappa shape index (κ2) is 6.48. The van der Waals surface area contributed by atoms with Crippen molar-refractivity contribution in [1.82, 2.24) is 0 Å². The van der Waals surface area contributed by atoms with Crippen molar-refractivity contribution in [3.05, 3.63) is 65.2 Å². The van der Waals surface area contributed by atoms with E-state index in [0.717, 1.165) is 6.07 Å². The molecule has 0 aliphatic heterocycles. The Balaban J connectivity index is 2.24. The van der Waals surface area contributed by atoms with Crippen molar-refractivity contribution in [1.29, 1.82) is 0 Å². The Labute approximate surface area is 116 Å². The molecule has 0 bridgehead atoms. The largest absolute Gasteiger partial charge is 0.493 e. The highest BCUT2D eigenvalue weighted by Gasteiger charge is 2.17. The summed E-state index contributed by atoms with van der Waals surface area (Å²) in [7, 11) is 0. The molecule has 0 aliphatic rings. The summed E-state index contributed by atoms with van der Waals surface area (Å²) in [6.45, 7) is 2.31. The second-order valence-electron chi connectivity index (χ2n) is 4.40. The quantitative estimate of drug-likeness (QED) is 0.904. The molecule has 2 rings (SSSR count). The summed E-state index contributed by atoms with van der Waals surface area (Å²) >= 11 is 0. The van der Waals surface area contributed by atoms with Gasteiger partial charge in [-0.05, 0) is 24.6 Å². The number of ether oxygens (including phenoxy) is 1. The van der Waals surface area contributed by atoms with E-state index in [-0.39, 0.29) is 12.0 Å². The summed E-state index contributed by atoms with van der Waals surface area (Å²) in [5, 5.41) is 10.2. The number of hydrogen-bond donors (Lipinski definition) is 1. The molecular formula is C16H16F2O2. The van der Waals surface area contributed by atoms with Gasteiger partial charge in [0.15, 0.2) is 11.6 Å². The lowest BCUT2D eigenvalue weighted by Crippen LogP contribution is -2.07. The third kappa shape index (κ3) is 3.14. The number of benzene rings is 2. The minimum Gasteiger partial charge on any atom is -0.493 e. The van der Waals surface area contributed by atoms with Crippen LogP contribution in [0.5, 0.6) is 5.75 Å². The van der Waals surface area contributed by atoms with Gasteiger partial charge in [0.05, 0.1) is 12.7 Å². The van der Waals surface area contributed by atoms with E-state index in [1.165, 1.54) is 12.1 Å². The van der Waals surface area contributed by atoms with Gasteiger partial charge in [-0.25, -0.2) is 8.78 Å². The van der Waals surface area contributed by atoms with Crippen molar-refractivity contribution in [3.8, 4) is 5.75 Å². The van der Waals surface area contributed by atoms with Crippen LogP contribution in [0.3, 0.4) is 0 Å². The van der Waals surface area contributed by atoms with Crippen molar-refractivity contribution in [2.24, 2.45) is 0 Å². The normalized spacial score (nSPS) is 12.2. The zero-order valence-electron chi connectivity index (χ0n) is 11.1. The Kier molecular flexibility index (Phi) is 4.69. The zero-order chi connectivity index (χ0) is 14.5. The third-order valence-corrected chi connectivity index (χ3v) is 3.02. The molecule has 2 aromatic carbocycles. The molecule has 1 unspecified atom stereocenters. The van der Waals surface area contributed by atoms with Crippen molar-refractivity contribution in [2.45, 2.75) is 19.4 Å². The highest BCUT2D eigenvalue weighted by atomic mass is 19.2. The SMILES string of the molecule is CCOc1ccccc1C(O)Cc1cccc(F)c1F. The molecule has 2 aromatic rings. The molecule has 0 aromatic heterocycles. The molecule has 0 saturated heterocycles. The van der Waals surface area contributed by atoms with E-state index in [1.54, 1.807) is 24.3 Å². The summed E-state index contributed by atoms with van der Waals surface area (Å²) in [4.78, 5) is 0. The summed E-state index contributed by atoms with van der Waals surface area (Å²) in [5.74, 6) is -1.27. The van der Waals surface area contributed by atoms with Crippen LogP contribution in [0, 0.1) is 11.6 Å². The van der Waals surface area contributed by atoms with E-state index in [1.807, 2.05) is 6.92 Å². The Hall–Kier alpha value is -1.94. The standard InChI is InChI=1S/C16H16F2O2/c1-2-20-15-9-4-3-7-12(15)14(19)10-11-6-5-8-13(17)16(11)18/h3-9,14,19H,2,10H2,1H3. The maximum absolute atomic E-state index is 13.6. The number of hydrogen-bond acceptors (Lipinski definition) is 2. The maximum Gasteiger partial charge on any atom is 0.162 e. The van der Waals surface area contributed by atoms with Crippen molar-refractivity contribution < 1.29 is 18.6 Å². The van der Waals surface area contributed by atoms with E-state index < -0.39 is 17.7 Å². The second-order valence-corrected chi connectivity index (χ2v) is 4.40. The Morgan fingerprint density at radius 3 is 2.60 bits per heavy atom. The predicted molar refractivity (Wildman–Crippen MR) is 72.6 cm³/mol. The van der Waals surface area contributed by atoms with Crippen LogP contribution in [0.4, 0.5) is 8.78 Å². The molecule has 20 heavy (non-hydrogen) atoms. The van der Waals surface area contributed by atoms with E-state index in [4.69, 9.17) is 4.74 Å². The van der Waals surface area contributed by atoms with Crippen LogP contribution < -0.4 is 4.74 Å². The fourth-order valence-electron chi connectivity index (χ4n) is 2.07. The Morgan fingerprint density at radius 1 is 1.10 bits per heavy atom. The molecule has 0 radical (unpaired) electrons. The minimum absolute atomic E-state index is 0.00627. The van der Waals surface area contributed by atoms with E-state index in [9.17, 15) is 13.9 Å². The molecule has 0 amide bonds. The van der Waals surface area contributed by atoms with Crippen molar-refractivity contribution in [3.63, 3.8) is 0 Å². The first kappa shape index (κ1) is 14.5. The molecule has 0 fully saturated rings. The average Bonchev–Trinajstić information content (AvgIpc) is 2.45. The maximum atomic E-state index is 13.6. The molecule has 1 N–H and O–H groups in total. The van der Waals surface area contributed by atoms with Gasteiger partial charge in [-0.2, -0.15) is 0 Å². The van der Waals surface area contributed by atoms with Crippen LogP contribution in [-0.4, -0.2) is 11.7 Å². The molecular weight excluding hydrogens is 262 g/mol. The number of aliphatic hydroxyl groups excluding tert-OH is 1. The minimum atomic E-state index is -0.950. The van der Waals surface area contributed by atoms with Gasteiger partial charge in [-0.3, -0.25) is 0 Å². The van der Waals surface area contributed by atoms with E-state index >= 15 is 0 Å². The summed E-state index contributed by atoms with van der Waals surface area (Å²) < 4.78 is 32.2. The topological polar surface area (TPSA) is 29.5 Å². The Morgan fingerprint density at radius 2 is 1.85 bits per heavy atom. The van der Waals surface area contributed by atoms with Crippen LogP contribution in [0.25, 0.3) is 0 Å². The number of aliphatic hydroxyl groups is 1. The molecule has 1 atom stereocenters. The van der Waals surface area contributed by atoms with Gasteiger partial charge < -0.3 is 9.84 Å². The fourth-order valence-corrected chi connectivity index (χ4v) is 2.07. The first-order chi connectivity index (χ1) is 9.63. The number of halogens is 2. The summed E-state index contributed by atoms with van der Waals surface area (Å²) in [6.07, 6.45) is -0.956. The lowest BCUT2D eigenvalue weighted by atomic mass is 10.00. The highest BCUT2D eigenvalue weighted by Crippen LogP contribution is 2.28. The fraction of sp³-hybridized carbons (Fsp3) is 0.250. The van der Waals surface area contributed by atoms with Crippen molar-refractivity contribution in [2.75, 3.05) is 6.61 Å². The Bertz CT molecular complexity index is 584. The summed E-state index contributed by atoms with van der Waals surface area (Å²) in [6, 6.07) is 11.0. The van der Waals surface area contributed by atoms with Crippen LogP contribution in [0.2, 0.25) is 0 Å². The molecule has 0 spiro atoms. The van der Waals surface area contributed by atoms with E-state index in [2.05, 4.69) is 0 Å². The predicted octanol–water partition coefficient (Wildman–Crippen LogP) is 3.64. The first-order valence-corrected chi connectivity index (χ1v) is 6.46. The first-order valence-electron chi connectivity index (χ1n) is 6.46. The lowest BCUT2D eigenvalue weighted by molar-refractivity contribution is 0.171. The van der Waals surface area contributed by atoms with Gasteiger partial charge in [0.25, 0.3) is 0 Å². The number of rotatable bonds is 5. The smallest absolute Gasteiger partial charge is 0.162 e. The molecule has 0 heterocycles. The molecule has 106 valence electrons. The van der Waals surface area contributed by atoms with Crippen LogP contribution in [0.1, 0.15) is 24.2 Å². The zero-order valence-corrected chi connectivity index (χ0v) is 11.1. The van der Waals surface area contributed by atoms with Crippen LogP contribution in [0.15, 0.2) is 42.5 Å². The van der Waals surface area contributed by atoms with Gasteiger partial charge in [0.1, 0.15) is 5.75 Å². The van der Waals surface area contributed by atoms with Gasteiger partial charge >= 0.3 is 0 Å². The molecule has 0 aliphatic carbocycles. The lowest BCUT2D eigenvalue weighted by Gasteiger charge is -2.16. The van der Waals surface area contributed by atoms with Crippen LogP contribution >= 0.6 is 0 Å². The summed E-state index contributed by atoms with van der Waals surface area (Å²) in [5.41, 5.74) is 0.710. The van der Waals surface area contributed by atoms with E-state index in [0.29, 0.717) is 17.9 Å². The molecule has 4 heteroatoms. The molecule has 0 saturated carbocycles. The number of para-hydroxylation sites is 1. The van der Waals surface area contributed by atoms with Gasteiger partial charge in [0, 0.05) is 12.0 Å². The van der Waals surface area contributed by atoms with Crippen molar-refractivity contribution >= 4 is 0 Å². The van der Waals surface area contributed by atoms with Crippen LogP contribution in [-0.2, 0) is 6.42 Å². The van der Waals surface area contributed by atoms with Gasteiger partial charge in [0.2, 0.25) is 0 Å².